The Morgan fingerprint density at radius 1 is 0.824 bits per heavy atom. The Morgan fingerprint density at radius 2 is 1.53 bits per heavy atom. The van der Waals surface area contributed by atoms with Crippen LogP contribution in [0, 0.1) is 0 Å². The molecular formula is C27H24N2O4S. The zero-order chi connectivity index (χ0) is 23.7. The fourth-order valence-electron chi connectivity index (χ4n) is 4.36. The number of nitrogens with one attached hydrogen (secondary N) is 1. The van der Waals surface area contributed by atoms with Crippen molar-refractivity contribution in [3.8, 4) is 11.5 Å². The number of rotatable bonds is 6. The lowest BCUT2D eigenvalue weighted by atomic mass is 9.92. The summed E-state index contributed by atoms with van der Waals surface area (Å²) in [5.41, 5.74) is 3.88. The van der Waals surface area contributed by atoms with Crippen LogP contribution < -0.4 is 14.2 Å². The monoisotopic (exact) mass is 472 g/mol. The van der Waals surface area contributed by atoms with Crippen LogP contribution in [0.1, 0.15) is 16.7 Å². The lowest BCUT2D eigenvalue weighted by Gasteiger charge is -2.22. The summed E-state index contributed by atoms with van der Waals surface area (Å²) in [6.45, 7) is 0.599. The van der Waals surface area contributed by atoms with Gasteiger partial charge in [0.15, 0.2) is 11.5 Å². The minimum absolute atomic E-state index is 0.234. The largest absolute Gasteiger partial charge is 0.493 e. The van der Waals surface area contributed by atoms with Gasteiger partial charge in [-0.2, -0.15) is 0 Å². The minimum atomic E-state index is -3.85. The zero-order valence-electron chi connectivity index (χ0n) is 18.9. The molecule has 0 amide bonds. The van der Waals surface area contributed by atoms with Crippen molar-refractivity contribution >= 4 is 32.2 Å². The van der Waals surface area contributed by atoms with Crippen molar-refractivity contribution in [2.24, 2.45) is 4.99 Å². The van der Waals surface area contributed by atoms with E-state index in [1.807, 2.05) is 60.7 Å². The zero-order valence-corrected chi connectivity index (χ0v) is 19.7. The number of hydrogen-bond donors (Lipinski definition) is 1. The van der Waals surface area contributed by atoms with Gasteiger partial charge in [-0.25, -0.2) is 8.42 Å². The number of ether oxygens (including phenoxy) is 2. The van der Waals surface area contributed by atoms with Crippen molar-refractivity contribution < 1.29 is 17.9 Å². The van der Waals surface area contributed by atoms with Crippen LogP contribution in [0.3, 0.4) is 0 Å². The summed E-state index contributed by atoms with van der Waals surface area (Å²) < 4.78 is 40.8. The molecule has 0 saturated heterocycles. The number of nitrogens with zero attached hydrogens (tertiary/aromatic N) is 1. The standard InChI is InChI=1S/C27H24N2O4S/c1-32-24-16-19-14-15-28-27(22(19)17-25(24)33-2)21-11-5-6-12-23(21)29-34(30,31)26-13-7-9-18-8-3-4-10-20(18)26/h3-13,16-17,29H,14-15H2,1-2H3. The van der Waals surface area contributed by atoms with E-state index in [0.29, 0.717) is 34.7 Å². The Morgan fingerprint density at radius 3 is 2.35 bits per heavy atom. The first kappa shape index (κ1) is 22.0. The Bertz CT molecular complexity index is 1520. The highest BCUT2D eigenvalue weighted by molar-refractivity contribution is 7.93. The first-order valence-corrected chi connectivity index (χ1v) is 12.4. The van der Waals surface area contributed by atoms with E-state index in [1.54, 1.807) is 32.4 Å². The van der Waals surface area contributed by atoms with Crippen molar-refractivity contribution in [3.63, 3.8) is 0 Å². The second-order valence-corrected chi connectivity index (χ2v) is 9.62. The maximum Gasteiger partial charge on any atom is 0.262 e. The summed E-state index contributed by atoms with van der Waals surface area (Å²) in [6.07, 6.45) is 0.767. The lowest BCUT2D eigenvalue weighted by Crippen LogP contribution is -2.19. The molecule has 4 aromatic rings. The Balaban J connectivity index is 1.59. The van der Waals surface area contributed by atoms with E-state index >= 15 is 0 Å². The summed E-state index contributed by atoms with van der Waals surface area (Å²) in [7, 11) is -0.648. The smallest absolute Gasteiger partial charge is 0.262 e. The number of hydrogen-bond acceptors (Lipinski definition) is 5. The molecule has 0 atom stereocenters. The molecule has 0 unspecified atom stereocenters. The number of sulfonamides is 1. The van der Waals surface area contributed by atoms with Crippen molar-refractivity contribution in [2.75, 3.05) is 25.5 Å². The van der Waals surface area contributed by atoms with E-state index in [4.69, 9.17) is 14.5 Å². The summed E-state index contributed by atoms with van der Waals surface area (Å²) in [5, 5.41) is 1.54. The first-order chi connectivity index (χ1) is 16.5. The number of benzene rings is 4. The van der Waals surface area contributed by atoms with Gasteiger partial charge in [-0.3, -0.25) is 9.71 Å². The second kappa shape index (κ2) is 8.83. The molecule has 1 aliphatic rings. The van der Waals surface area contributed by atoms with E-state index < -0.39 is 10.0 Å². The van der Waals surface area contributed by atoms with Crippen LogP contribution in [-0.4, -0.2) is 34.9 Å². The van der Waals surface area contributed by atoms with Crippen molar-refractivity contribution in [2.45, 2.75) is 11.3 Å². The van der Waals surface area contributed by atoms with Crippen molar-refractivity contribution in [1.82, 2.24) is 0 Å². The van der Waals surface area contributed by atoms with Gasteiger partial charge in [-0.05, 0) is 41.6 Å². The van der Waals surface area contributed by atoms with Gasteiger partial charge in [0.1, 0.15) is 0 Å². The molecule has 0 saturated carbocycles. The van der Waals surface area contributed by atoms with E-state index in [0.717, 1.165) is 28.6 Å². The average molecular weight is 473 g/mol. The van der Waals surface area contributed by atoms with Gasteiger partial charge in [0.05, 0.1) is 30.5 Å². The lowest BCUT2D eigenvalue weighted by molar-refractivity contribution is 0.354. The highest BCUT2D eigenvalue weighted by atomic mass is 32.2. The van der Waals surface area contributed by atoms with Gasteiger partial charge in [0.2, 0.25) is 0 Å². The van der Waals surface area contributed by atoms with Gasteiger partial charge < -0.3 is 9.47 Å². The molecule has 7 heteroatoms. The molecule has 6 nitrogen and oxygen atoms in total. The summed E-state index contributed by atoms with van der Waals surface area (Å²) in [6, 6.07) is 23.9. The van der Waals surface area contributed by atoms with Crippen LogP contribution in [0.4, 0.5) is 5.69 Å². The Labute approximate surface area is 198 Å². The summed E-state index contributed by atoms with van der Waals surface area (Å²) in [5.74, 6) is 1.26. The van der Waals surface area contributed by atoms with Gasteiger partial charge in [0, 0.05) is 23.1 Å². The van der Waals surface area contributed by atoms with Gasteiger partial charge in [0.25, 0.3) is 10.0 Å². The predicted octanol–water partition coefficient (Wildman–Crippen LogP) is 5.05. The number of anilines is 1. The molecule has 0 fully saturated rings. The topological polar surface area (TPSA) is 77.0 Å². The van der Waals surface area contributed by atoms with E-state index in [9.17, 15) is 8.42 Å². The Hall–Kier alpha value is -3.84. The quantitative estimate of drug-likeness (QED) is 0.426. The van der Waals surface area contributed by atoms with Gasteiger partial charge in [-0.1, -0.05) is 54.6 Å². The fraction of sp³-hybridized carbons (Fsp3) is 0.148. The third-order valence-electron chi connectivity index (χ3n) is 5.98. The number of para-hydroxylation sites is 1. The molecule has 1 heterocycles. The van der Waals surface area contributed by atoms with E-state index in [-0.39, 0.29) is 4.90 Å². The van der Waals surface area contributed by atoms with Crippen LogP contribution in [0.5, 0.6) is 11.5 Å². The number of aliphatic imine (C=N–C) groups is 1. The molecule has 34 heavy (non-hydrogen) atoms. The summed E-state index contributed by atoms with van der Waals surface area (Å²) >= 11 is 0. The summed E-state index contributed by atoms with van der Waals surface area (Å²) in [4.78, 5) is 5.00. The van der Waals surface area contributed by atoms with Gasteiger partial charge >= 0.3 is 0 Å². The maximum absolute atomic E-state index is 13.5. The third-order valence-corrected chi connectivity index (χ3v) is 7.40. The molecule has 1 N–H and O–H groups in total. The molecule has 0 spiro atoms. The molecule has 0 radical (unpaired) electrons. The molecule has 5 rings (SSSR count). The Kier molecular flexibility index (Phi) is 5.71. The number of fused-ring (bicyclic) bond motifs is 2. The van der Waals surface area contributed by atoms with E-state index in [1.165, 1.54) is 0 Å². The minimum Gasteiger partial charge on any atom is -0.493 e. The molecule has 0 aromatic heterocycles. The predicted molar refractivity (Wildman–Crippen MR) is 135 cm³/mol. The van der Waals surface area contributed by atoms with E-state index in [2.05, 4.69) is 4.72 Å². The fourth-order valence-corrected chi connectivity index (χ4v) is 5.67. The maximum atomic E-state index is 13.5. The molecule has 4 aromatic carbocycles. The van der Waals surface area contributed by atoms with Crippen molar-refractivity contribution in [1.29, 1.82) is 0 Å². The van der Waals surface area contributed by atoms with Gasteiger partial charge in [-0.15, -0.1) is 0 Å². The normalized spacial score (nSPS) is 13.2. The van der Waals surface area contributed by atoms with Crippen LogP contribution in [0.15, 0.2) is 88.8 Å². The SMILES string of the molecule is COc1cc2c(cc1OC)C(c1ccccc1NS(=O)(=O)c1cccc3ccccc13)=NCC2. The van der Waals surface area contributed by atoms with Crippen molar-refractivity contribution in [3.05, 3.63) is 95.6 Å². The molecule has 0 aliphatic carbocycles. The average Bonchev–Trinajstić information content (AvgIpc) is 2.87. The first-order valence-electron chi connectivity index (χ1n) is 10.9. The van der Waals surface area contributed by atoms with Crippen LogP contribution >= 0.6 is 0 Å². The third kappa shape index (κ3) is 3.88. The highest BCUT2D eigenvalue weighted by Crippen LogP contribution is 2.35. The van der Waals surface area contributed by atoms with Crippen LogP contribution in [-0.2, 0) is 16.4 Å². The second-order valence-electron chi connectivity index (χ2n) is 7.97. The number of methoxy groups -OCH3 is 2. The molecule has 1 aliphatic heterocycles. The molecule has 0 bridgehead atoms. The van der Waals surface area contributed by atoms with Crippen LogP contribution in [0.25, 0.3) is 10.8 Å². The highest BCUT2D eigenvalue weighted by Gasteiger charge is 2.24. The molecular weight excluding hydrogens is 448 g/mol. The molecule has 172 valence electrons. The van der Waals surface area contributed by atoms with Crippen LogP contribution in [0.2, 0.25) is 0 Å².